The summed E-state index contributed by atoms with van der Waals surface area (Å²) in [7, 11) is 0. The molecular weight excluding hydrogens is 437 g/mol. The van der Waals surface area contributed by atoms with Gasteiger partial charge in [-0.1, -0.05) is 72.5 Å². The zero-order valence-electron chi connectivity index (χ0n) is 19.6. The number of aromatic nitrogens is 2. The molecule has 0 spiro atoms. The molecule has 166 valence electrons. The number of hydrazone groups is 1. The Morgan fingerprint density at radius 2 is 2.30 bits per heavy atom. The number of hydrogen-bond acceptors (Lipinski definition) is 5. The second kappa shape index (κ2) is 12.6. The molecule has 2 aromatic rings. The van der Waals surface area contributed by atoms with Crippen LogP contribution in [0.5, 0.6) is 0 Å². The zero-order chi connectivity index (χ0) is 22.3. The first-order valence-electron chi connectivity index (χ1n) is 10.9. The summed E-state index contributed by atoms with van der Waals surface area (Å²) in [5.74, 6) is 0.948. The number of ether oxygens (including phenoxy) is 1. The third kappa shape index (κ3) is 6.59. The van der Waals surface area contributed by atoms with Crippen LogP contribution in [-0.2, 0) is 4.74 Å². The second-order valence-corrected chi connectivity index (χ2v) is 7.92. The fraction of sp³-hybridized carbons (Fsp3) is 0.269. The number of benzene rings is 1. The van der Waals surface area contributed by atoms with Crippen LogP contribution in [0.15, 0.2) is 72.4 Å². The molecule has 2 aliphatic heterocycles. The van der Waals surface area contributed by atoms with Gasteiger partial charge in [0.1, 0.15) is 0 Å². The Bertz CT molecular complexity index is 1070. The average Bonchev–Trinajstić information content (AvgIpc) is 3.53. The van der Waals surface area contributed by atoms with E-state index in [0.29, 0.717) is 6.04 Å². The van der Waals surface area contributed by atoms with Gasteiger partial charge in [-0.25, -0.2) is 5.10 Å². The van der Waals surface area contributed by atoms with Crippen LogP contribution in [0, 0.1) is 19.7 Å². The Kier molecular flexibility index (Phi) is 9.79. The topological polar surface area (TPSA) is 54.7 Å². The van der Waals surface area contributed by atoms with Crippen molar-refractivity contribution in [2.75, 3.05) is 13.2 Å². The number of nitrogens with zero attached hydrogens (tertiary/aromatic N) is 4. The van der Waals surface area contributed by atoms with Crippen LogP contribution < -0.4 is 56.8 Å². The summed E-state index contributed by atoms with van der Waals surface area (Å²) in [5, 5.41) is 9.11. The molecule has 0 radical (unpaired) electrons. The Morgan fingerprint density at radius 3 is 3.00 bits per heavy atom. The van der Waals surface area contributed by atoms with Gasteiger partial charge in [0.2, 0.25) is 0 Å². The van der Waals surface area contributed by atoms with E-state index in [1.807, 2.05) is 62.2 Å². The van der Waals surface area contributed by atoms with Crippen LogP contribution in [0.2, 0.25) is 0 Å². The van der Waals surface area contributed by atoms with Crippen molar-refractivity contribution >= 4 is 17.6 Å². The van der Waals surface area contributed by atoms with Crippen molar-refractivity contribution < 1.29 is 56.1 Å². The number of aryl methyl sites for hydroxylation is 1. The van der Waals surface area contributed by atoms with Gasteiger partial charge in [-0.3, -0.25) is 5.10 Å². The van der Waals surface area contributed by atoms with E-state index in [4.69, 9.17) is 9.84 Å². The molecule has 4 rings (SSSR count). The molecule has 3 heterocycles. The van der Waals surface area contributed by atoms with Gasteiger partial charge < -0.3 is 19.7 Å². The molecule has 2 aliphatic rings. The molecule has 2 saturated heterocycles. The van der Waals surface area contributed by atoms with Gasteiger partial charge >= 0.3 is 51.4 Å². The van der Waals surface area contributed by atoms with E-state index in [1.54, 1.807) is 10.8 Å². The Morgan fingerprint density at radius 1 is 1.42 bits per heavy atom. The van der Waals surface area contributed by atoms with Crippen molar-refractivity contribution in [3.8, 4) is 0 Å². The maximum Gasteiger partial charge on any atom is 1.00 e. The normalized spacial score (nSPS) is 20.5. The zero-order valence-corrected chi connectivity index (χ0v) is 22.7. The first-order chi connectivity index (χ1) is 15.7. The molecule has 1 aromatic heterocycles. The number of likely N-dealkylation sites (tertiary alicyclic amines) is 1. The first-order valence-corrected chi connectivity index (χ1v) is 10.9. The molecule has 2 fully saturated rings. The monoisotopic (exact) mass is 466 g/mol. The van der Waals surface area contributed by atoms with E-state index < -0.39 is 0 Å². The smallest absolute Gasteiger partial charge is 0.427 e. The largest absolute Gasteiger partial charge is 1.00 e. The number of morpholine rings is 1. The molecule has 33 heavy (non-hydrogen) atoms. The van der Waals surface area contributed by atoms with Crippen LogP contribution in [0.1, 0.15) is 30.2 Å². The van der Waals surface area contributed by atoms with E-state index in [1.165, 1.54) is 5.56 Å². The van der Waals surface area contributed by atoms with Crippen molar-refractivity contribution in [3.63, 3.8) is 0 Å². The van der Waals surface area contributed by atoms with Crippen LogP contribution in [0.4, 0.5) is 0 Å². The summed E-state index contributed by atoms with van der Waals surface area (Å²) in [6, 6.07) is 10.5. The van der Waals surface area contributed by atoms with Gasteiger partial charge in [0.15, 0.2) is 0 Å². The SMILES string of the molecule is C=C/C=C(\C=C/C)c1c[c-]n(/C(=C\[CH-]N/N=C/c2cccc(C)c2)N2CC3CC2CO3)n1.[K+]. The van der Waals surface area contributed by atoms with E-state index >= 15 is 0 Å². The van der Waals surface area contributed by atoms with Gasteiger partial charge in [-0.15, -0.1) is 12.6 Å². The minimum absolute atomic E-state index is 0. The molecule has 0 aliphatic carbocycles. The summed E-state index contributed by atoms with van der Waals surface area (Å²) in [5.41, 5.74) is 7.11. The summed E-state index contributed by atoms with van der Waals surface area (Å²) in [6.45, 7) is 11.3. The van der Waals surface area contributed by atoms with Crippen LogP contribution >= 0.6 is 0 Å². The second-order valence-electron chi connectivity index (χ2n) is 7.92. The average molecular weight is 467 g/mol. The van der Waals surface area contributed by atoms with Gasteiger partial charge in [0, 0.05) is 12.6 Å². The predicted octanol–water partition coefficient (Wildman–Crippen LogP) is 1.20. The number of nitrogens with one attached hydrogen (secondary N) is 1. The standard InChI is InChI=1S/C26H29N5O.K/c1-4-7-22(8-5-2)25-12-14-31(29-25)26(30-18-24-16-23(30)19-32-24)11-13-27-28-17-21-10-6-9-20(3)15-21;/h4-13,15,17,23-24,27H,1,16,18-19H2,2-3H3;/q-2;+1/b8-5-,22-7+,26-11-,28-17+;. The quantitative estimate of drug-likeness (QED) is 0.151. The van der Waals surface area contributed by atoms with Crippen LogP contribution in [0.3, 0.4) is 0 Å². The van der Waals surface area contributed by atoms with Crippen molar-refractivity contribution in [3.05, 3.63) is 96.9 Å². The Labute approximate surface area is 239 Å². The predicted molar refractivity (Wildman–Crippen MR) is 129 cm³/mol. The molecule has 2 unspecified atom stereocenters. The van der Waals surface area contributed by atoms with Crippen molar-refractivity contribution in [1.29, 1.82) is 0 Å². The van der Waals surface area contributed by atoms with Crippen molar-refractivity contribution in [1.82, 2.24) is 20.1 Å². The summed E-state index contributed by atoms with van der Waals surface area (Å²) >= 11 is 0. The third-order valence-electron chi connectivity index (χ3n) is 5.52. The molecule has 0 amide bonds. The van der Waals surface area contributed by atoms with Crippen molar-refractivity contribution in [2.45, 2.75) is 32.4 Å². The fourth-order valence-electron chi connectivity index (χ4n) is 4.06. The van der Waals surface area contributed by atoms with Gasteiger partial charge in [-0.05, 0) is 37.3 Å². The maximum absolute atomic E-state index is 5.79. The van der Waals surface area contributed by atoms with Crippen molar-refractivity contribution in [2.24, 2.45) is 5.10 Å². The van der Waals surface area contributed by atoms with Crippen LogP contribution in [-0.4, -0.2) is 46.2 Å². The molecule has 2 atom stereocenters. The maximum atomic E-state index is 5.79. The number of fused-ring (bicyclic) bond motifs is 2. The fourth-order valence-corrected chi connectivity index (χ4v) is 4.06. The molecule has 7 heteroatoms. The molecule has 1 aromatic carbocycles. The minimum atomic E-state index is 0. The molecule has 1 N–H and O–H groups in total. The Balaban J connectivity index is 0.00000306. The summed E-state index contributed by atoms with van der Waals surface area (Å²) < 4.78 is 7.59. The molecular formula is C26H29KN5O-. The number of allylic oxidation sites excluding steroid dienone is 5. The summed E-state index contributed by atoms with van der Waals surface area (Å²) in [6.07, 6.45) is 16.1. The number of rotatable bonds is 9. The Hall–Kier alpha value is -1.87. The third-order valence-corrected chi connectivity index (χ3v) is 5.52. The molecule has 2 bridgehead atoms. The van der Waals surface area contributed by atoms with Crippen LogP contribution in [0.25, 0.3) is 11.4 Å². The van der Waals surface area contributed by atoms with E-state index in [2.05, 4.69) is 47.3 Å². The minimum Gasteiger partial charge on any atom is -0.427 e. The summed E-state index contributed by atoms with van der Waals surface area (Å²) in [4.78, 5) is 2.34. The first kappa shape index (κ1) is 25.7. The number of hydrogen-bond donors (Lipinski definition) is 1. The van der Waals surface area contributed by atoms with E-state index in [9.17, 15) is 0 Å². The van der Waals surface area contributed by atoms with E-state index in [-0.39, 0.29) is 57.5 Å². The van der Waals surface area contributed by atoms with Gasteiger partial charge in [0.25, 0.3) is 0 Å². The molecule has 0 saturated carbocycles. The van der Waals surface area contributed by atoms with E-state index in [0.717, 1.165) is 42.2 Å². The molecule has 6 nitrogen and oxygen atoms in total. The van der Waals surface area contributed by atoms with Gasteiger partial charge in [0.05, 0.1) is 18.9 Å². The van der Waals surface area contributed by atoms with Gasteiger partial charge in [-0.2, -0.15) is 6.08 Å².